The van der Waals surface area contributed by atoms with Crippen molar-refractivity contribution >= 4 is 23.8 Å². The van der Waals surface area contributed by atoms with Crippen molar-refractivity contribution < 1.29 is 29.0 Å². The molecule has 0 aromatic heterocycles. The summed E-state index contributed by atoms with van der Waals surface area (Å²) in [6.45, 7) is 19.6. The molecule has 5 fully saturated rings. The minimum atomic E-state index is -1.16. The number of carbonyl (C=O) groups excluding carboxylic acids is 3. The number of hydrogen-bond acceptors (Lipinski definition) is 5. The Bertz CT molecular complexity index is 1440. The monoisotopic (exact) mass is 694 g/mol. The van der Waals surface area contributed by atoms with Crippen molar-refractivity contribution in [1.82, 2.24) is 10.6 Å². The van der Waals surface area contributed by atoms with Crippen LogP contribution in [0, 0.1) is 50.7 Å². The van der Waals surface area contributed by atoms with E-state index in [2.05, 4.69) is 59.1 Å². The highest BCUT2D eigenvalue weighted by molar-refractivity contribution is 6.02. The number of ketones is 1. The lowest BCUT2D eigenvalue weighted by atomic mass is 9.33. The number of nitrogens with one attached hydrogen (secondary N) is 2. The van der Waals surface area contributed by atoms with E-state index in [9.17, 15) is 24.3 Å². The number of esters is 1. The Balaban J connectivity index is 1.27. The number of fused-ring (bicyclic) bond motifs is 7. The molecule has 6 rings (SSSR count). The van der Waals surface area contributed by atoms with E-state index in [1.54, 1.807) is 13.8 Å². The molecule has 5 saturated carbocycles. The van der Waals surface area contributed by atoms with Crippen LogP contribution < -0.4 is 10.6 Å². The number of urea groups is 1. The molecule has 6 aliphatic rings. The van der Waals surface area contributed by atoms with E-state index in [0.717, 1.165) is 82.6 Å². The molecule has 0 aliphatic heterocycles. The minimum Gasteiger partial charge on any atom is -0.481 e. The first-order valence-electron chi connectivity index (χ1n) is 20.0. The first kappa shape index (κ1) is 37.4. The van der Waals surface area contributed by atoms with E-state index in [0.29, 0.717) is 18.3 Å². The first-order chi connectivity index (χ1) is 23.2. The largest absolute Gasteiger partial charge is 0.481 e. The van der Waals surface area contributed by atoms with Crippen molar-refractivity contribution in [3.63, 3.8) is 0 Å². The van der Waals surface area contributed by atoms with Crippen molar-refractivity contribution in [3.8, 4) is 0 Å². The Morgan fingerprint density at radius 1 is 0.860 bits per heavy atom. The average molecular weight is 695 g/mol. The molecular weight excluding hydrogens is 628 g/mol. The third kappa shape index (κ3) is 5.76. The van der Waals surface area contributed by atoms with Gasteiger partial charge in [-0.3, -0.25) is 14.4 Å². The molecule has 0 heterocycles. The summed E-state index contributed by atoms with van der Waals surface area (Å²) in [4.78, 5) is 52.4. The molecule has 3 N–H and O–H groups in total. The first-order valence-corrected chi connectivity index (χ1v) is 20.0. The molecule has 0 saturated heterocycles. The Kier molecular flexibility index (Phi) is 9.45. The van der Waals surface area contributed by atoms with Crippen LogP contribution in [0.1, 0.15) is 159 Å². The van der Waals surface area contributed by atoms with Gasteiger partial charge < -0.3 is 20.5 Å². The van der Waals surface area contributed by atoms with Crippen LogP contribution in [-0.2, 0) is 19.1 Å². The van der Waals surface area contributed by atoms with Crippen molar-refractivity contribution in [1.29, 1.82) is 0 Å². The Morgan fingerprint density at radius 3 is 2.18 bits per heavy atom. The van der Waals surface area contributed by atoms with Crippen LogP contribution in [-0.4, -0.2) is 46.5 Å². The molecule has 0 unspecified atom stereocenters. The maximum Gasteiger partial charge on any atom is 0.315 e. The molecule has 8 nitrogen and oxygen atoms in total. The molecule has 0 aromatic carbocycles. The summed E-state index contributed by atoms with van der Waals surface area (Å²) in [7, 11) is 0. The second-order valence-corrected chi connectivity index (χ2v) is 19.9. The van der Waals surface area contributed by atoms with Gasteiger partial charge in [0.25, 0.3) is 0 Å². The molecule has 6 aliphatic carbocycles. The summed E-state index contributed by atoms with van der Waals surface area (Å²) in [6, 6.07) is 0.114. The lowest BCUT2D eigenvalue weighted by Crippen LogP contribution is -2.67. The lowest BCUT2D eigenvalue weighted by Gasteiger charge is -2.72. The number of carbonyl (C=O) groups is 4. The highest BCUT2D eigenvalue weighted by Gasteiger charge is 2.70. The maximum atomic E-state index is 13.9. The topological polar surface area (TPSA) is 122 Å². The third-order valence-electron chi connectivity index (χ3n) is 16.1. The van der Waals surface area contributed by atoms with Crippen molar-refractivity contribution in [2.24, 2.45) is 50.7 Å². The van der Waals surface area contributed by atoms with Crippen LogP contribution in [0.5, 0.6) is 0 Å². The van der Waals surface area contributed by atoms with Gasteiger partial charge in [0.15, 0.2) is 5.78 Å². The van der Waals surface area contributed by atoms with E-state index in [1.807, 2.05) is 0 Å². The van der Waals surface area contributed by atoms with Crippen LogP contribution in [0.3, 0.4) is 0 Å². The fraction of sp³-hybridized carbons (Fsp3) is 0.857. The molecule has 0 spiro atoms. The molecule has 50 heavy (non-hydrogen) atoms. The second-order valence-electron chi connectivity index (χ2n) is 19.9. The van der Waals surface area contributed by atoms with E-state index in [-0.39, 0.29) is 63.9 Å². The van der Waals surface area contributed by atoms with Crippen LogP contribution in [0.4, 0.5) is 4.79 Å². The predicted molar refractivity (Wildman–Crippen MR) is 194 cm³/mol. The van der Waals surface area contributed by atoms with Crippen molar-refractivity contribution in [2.75, 3.05) is 0 Å². The predicted octanol–water partition coefficient (Wildman–Crippen LogP) is 8.76. The molecule has 0 radical (unpaired) electrons. The van der Waals surface area contributed by atoms with Gasteiger partial charge in [-0.1, -0.05) is 67.7 Å². The Morgan fingerprint density at radius 2 is 1.54 bits per heavy atom. The highest BCUT2D eigenvalue weighted by Crippen LogP contribution is 2.76. The van der Waals surface area contributed by atoms with E-state index in [1.165, 1.54) is 12.0 Å². The highest BCUT2D eigenvalue weighted by atomic mass is 16.5. The van der Waals surface area contributed by atoms with Crippen molar-refractivity contribution in [2.45, 2.75) is 176 Å². The van der Waals surface area contributed by atoms with E-state index >= 15 is 0 Å². The number of allylic oxidation sites excluding steroid dienone is 1. The summed E-state index contributed by atoms with van der Waals surface area (Å²) < 4.78 is 6.16. The number of amides is 2. The minimum absolute atomic E-state index is 0.00904. The van der Waals surface area contributed by atoms with Gasteiger partial charge in [0.2, 0.25) is 0 Å². The fourth-order valence-electron chi connectivity index (χ4n) is 13.3. The number of rotatable bonds is 7. The Hall–Kier alpha value is -2.38. The second kappa shape index (κ2) is 12.6. The van der Waals surface area contributed by atoms with Gasteiger partial charge in [-0.05, 0) is 129 Å². The third-order valence-corrected chi connectivity index (χ3v) is 16.1. The van der Waals surface area contributed by atoms with E-state index < -0.39 is 22.9 Å². The van der Waals surface area contributed by atoms with Crippen LogP contribution >= 0.6 is 0 Å². The molecule has 8 atom stereocenters. The van der Waals surface area contributed by atoms with Gasteiger partial charge in [-0.2, -0.15) is 0 Å². The van der Waals surface area contributed by atoms with Gasteiger partial charge >= 0.3 is 18.0 Å². The maximum absolute atomic E-state index is 13.9. The van der Waals surface area contributed by atoms with Crippen LogP contribution in [0.25, 0.3) is 0 Å². The fourth-order valence-corrected chi connectivity index (χ4v) is 13.3. The zero-order chi connectivity index (χ0) is 36.7. The molecule has 0 aromatic rings. The molecule has 8 heteroatoms. The smallest absolute Gasteiger partial charge is 0.315 e. The standard InChI is InChI=1S/C42H66N2O6/c1-25(2)33-28(45)23-42(44-36(49)43-26-13-11-10-12-14-26)22-21-40(8)27(34(33)42)15-16-30-39(7)19-18-31(50-32(46)24-37(3,4)35(47)48)38(5,6)29(39)17-20-41(30,40)9/h25-27,29-31H,10-24H2,1-9H3,(H,47,48)(H2,43,44,49)/t27-,29+,30-,31+,39+,40-,41-,42-/m1/s1. The lowest BCUT2D eigenvalue weighted by molar-refractivity contribution is -0.232. The zero-order valence-electron chi connectivity index (χ0n) is 32.6. The molecular formula is C42H66N2O6. The van der Waals surface area contributed by atoms with Crippen LogP contribution in [0.2, 0.25) is 0 Å². The quantitative estimate of drug-likeness (QED) is 0.229. The van der Waals surface area contributed by atoms with Crippen molar-refractivity contribution in [3.05, 3.63) is 11.1 Å². The number of carboxylic acids is 1. The number of hydrogen-bond donors (Lipinski definition) is 3. The average Bonchev–Trinajstić information content (AvgIpc) is 3.30. The van der Waals surface area contributed by atoms with E-state index in [4.69, 9.17) is 4.74 Å². The SMILES string of the molecule is CC(C)C1=C2[C@H]3CC[C@@H]4[C@@]5(C)CC[C@H](OC(=O)CC(C)(C)C(=O)O)C(C)(C)[C@@H]5CC[C@@]4(C)[C@]3(C)CC[C@@]2(NC(=O)NC2CCCCC2)CC1=O. The summed E-state index contributed by atoms with van der Waals surface area (Å²) >= 11 is 0. The number of Topliss-reactive ketones (excluding diaryl/α,β-unsaturated/α-hetero) is 1. The van der Waals surface area contributed by atoms with Gasteiger partial charge in [0.1, 0.15) is 6.10 Å². The molecule has 0 bridgehead atoms. The number of ether oxygens (including phenoxy) is 1. The molecule has 280 valence electrons. The van der Waals surface area contributed by atoms with Gasteiger partial charge in [0, 0.05) is 17.9 Å². The number of aliphatic carboxylic acids is 1. The zero-order valence-corrected chi connectivity index (χ0v) is 32.6. The van der Waals surface area contributed by atoms with Gasteiger partial charge in [0.05, 0.1) is 17.4 Å². The molecule has 2 amide bonds. The normalized spacial score (nSPS) is 39.9. The van der Waals surface area contributed by atoms with Gasteiger partial charge in [-0.25, -0.2) is 4.79 Å². The van der Waals surface area contributed by atoms with Gasteiger partial charge in [-0.15, -0.1) is 0 Å². The summed E-state index contributed by atoms with van der Waals surface area (Å²) in [5, 5.41) is 16.4. The number of carboxylic acid groups (broad SMARTS) is 1. The summed E-state index contributed by atoms with van der Waals surface area (Å²) in [5.74, 6) is 0.0484. The van der Waals surface area contributed by atoms with Crippen LogP contribution in [0.15, 0.2) is 11.1 Å². The Labute approximate surface area is 301 Å². The summed E-state index contributed by atoms with van der Waals surface area (Å²) in [6.07, 6.45) is 13.4. The summed E-state index contributed by atoms with van der Waals surface area (Å²) in [5.41, 5.74) is 0.371.